The van der Waals surface area contributed by atoms with Crippen molar-refractivity contribution in [2.24, 2.45) is 0 Å². The van der Waals surface area contributed by atoms with E-state index in [1.165, 1.54) is 4.68 Å². The first kappa shape index (κ1) is 12.4. The van der Waals surface area contributed by atoms with Gasteiger partial charge < -0.3 is 5.32 Å². The van der Waals surface area contributed by atoms with E-state index >= 15 is 0 Å². The van der Waals surface area contributed by atoms with Gasteiger partial charge in [0.2, 0.25) is 10.4 Å². The first-order chi connectivity index (χ1) is 7.61. The van der Waals surface area contributed by atoms with Crippen LogP contribution in [0.2, 0.25) is 0 Å². The average molecular weight is 287 g/mol. The molecule has 1 rings (SSSR count). The van der Waals surface area contributed by atoms with E-state index in [-0.39, 0.29) is 10.3 Å². The largest absolute Gasteiger partial charge is 0.361 e. The first-order valence-electron chi connectivity index (χ1n) is 4.48. The van der Waals surface area contributed by atoms with Crippen molar-refractivity contribution >= 4 is 27.4 Å². The molecular formula is C9H11BrN4O2. The Morgan fingerprint density at radius 1 is 1.56 bits per heavy atom. The quantitative estimate of drug-likeness (QED) is 0.495. The lowest BCUT2D eigenvalue weighted by Crippen LogP contribution is -2.08. The monoisotopic (exact) mass is 286 g/mol. The Morgan fingerprint density at radius 3 is 2.75 bits per heavy atom. The zero-order chi connectivity index (χ0) is 12.1. The number of halogens is 1. The van der Waals surface area contributed by atoms with E-state index in [1.54, 1.807) is 12.2 Å². The Morgan fingerprint density at radius 2 is 2.25 bits per heavy atom. The number of allylic oxidation sites excluding steroid dienone is 1. The molecule has 7 heteroatoms. The van der Waals surface area contributed by atoms with Gasteiger partial charge in [-0.25, -0.2) is 4.68 Å². The van der Waals surface area contributed by atoms with Gasteiger partial charge >= 0.3 is 5.69 Å². The molecule has 0 aliphatic carbocycles. The van der Waals surface area contributed by atoms with Gasteiger partial charge in [0, 0.05) is 6.54 Å². The van der Waals surface area contributed by atoms with Gasteiger partial charge in [0.25, 0.3) is 0 Å². The van der Waals surface area contributed by atoms with Crippen molar-refractivity contribution in [1.29, 1.82) is 0 Å². The summed E-state index contributed by atoms with van der Waals surface area (Å²) >= 11 is 3.06. The second-order valence-electron chi connectivity index (χ2n) is 2.89. The van der Waals surface area contributed by atoms with Crippen molar-refractivity contribution in [3.63, 3.8) is 0 Å². The fraction of sp³-hybridized carbons (Fsp3) is 0.222. The second kappa shape index (κ2) is 5.45. The van der Waals surface area contributed by atoms with Crippen LogP contribution < -0.4 is 5.32 Å². The maximum Gasteiger partial charge on any atom is 0.345 e. The van der Waals surface area contributed by atoms with Crippen molar-refractivity contribution in [2.75, 3.05) is 11.9 Å². The van der Waals surface area contributed by atoms with Crippen LogP contribution in [0.5, 0.6) is 0 Å². The zero-order valence-electron chi connectivity index (χ0n) is 8.52. The van der Waals surface area contributed by atoms with Gasteiger partial charge in [0.1, 0.15) is 0 Å². The SMILES string of the molecule is C=CCNc1c([N+](=O)[O-])c(Br)nn1CC=C. The maximum absolute atomic E-state index is 10.9. The molecule has 0 unspecified atom stereocenters. The molecular weight excluding hydrogens is 276 g/mol. The summed E-state index contributed by atoms with van der Waals surface area (Å²) in [5.41, 5.74) is -0.0799. The van der Waals surface area contributed by atoms with Crippen LogP contribution in [-0.2, 0) is 6.54 Å². The highest BCUT2D eigenvalue weighted by Crippen LogP contribution is 2.32. The van der Waals surface area contributed by atoms with Crippen molar-refractivity contribution in [3.05, 3.63) is 40.0 Å². The van der Waals surface area contributed by atoms with Crippen LogP contribution in [0.1, 0.15) is 0 Å². The number of aromatic nitrogens is 2. The molecule has 0 fully saturated rings. The molecule has 16 heavy (non-hydrogen) atoms. The summed E-state index contributed by atoms with van der Waals surface area (Å²) < 4.78 is 1.67. The number of hydrogen-bond acceptors (Lipinski definition) is 4. The molecule has 1 heterocycles. The topological polar surface area (TPSA) is 73.0 Å². The Hall–Kier alpha value is -1.63. The lowest BCUT2D eigenvalue weighted by atomic mass is 10.5. The molecule has 1 N–H and O–H groups in total. The molecule has 1 aromatic rings. The highest BCUT2D eigenvalue weighted by Gasteiger charge is 2.25. The molecule has 0 aromatic carbocycles. The summed E-state index contributed by atoms with van der Waals surface area (Å²) in [5, 5.41) is 17.7. The highest BCUT2D eigenvalue weighted by atomic mass is 79.9. The molecule has 0 saturated carbocycles. The predicted molar refractivity (Wildman–Crippen MR) is 65.5 cm³/mol. The maximum atomic E-state index is 10.9. The molecule has 0 amide bonds. The van der Waals surface area contributed by atoms with Gasteiger partial charge in [-0.3, -0.25) is 10.1 Å². The molecule has 6 nitrogen and oxygen atoms in total. The van der Waals surface area contributed by atoms with Gasteiger partial charge in [0.05, 0.1) is 11.5 Å². The zero-order valence-corrected chi connectivity index (χ0v) is 10.1. The predicted octanol–water partition coefficient (Wildman–Crippen LogP) is 2.34. The minimum absolute atomic E-state index is 0.0799. The van der Waals surface area contributed by atoms with Gasteiger partial charge in [-0.1, -0.05) is 12.2 Å². The fourth-order valence-electron chi connectivity index (χ4n) is 1.18. The third kappa shape index (κ3) is 2.48. The lowest BCUT2D eigenvalue weighted by molar-refractivity contribution is -0.384. The molecule has 86 valence electrons. The molecule has 0 bridgehead atoms. The van der Waals surface area contributed by atoms with Crippen LogP contribution in [0, 0.1) is 10.1 Å². The van der Waals surface area contributed by atoms with Gasteiger partial charge in [-0.15, -0.1) is 13.2 Å². The molecule has 0 aliphatic rings. The van der Waals surface area contributed by atoms with Crippen LogP contribution in [0.25, 0.3) is 0 Å². The second-order valence-corrected chi connectivity index (χ2v) is 3.64. The molecule has 0 aliphatic heterocycles. The summed E-state index contributed by atoms with van der Waals surface area (Å²) in [4.78, 5) is 10.4. The average Bonchev–Trinajstić information content (AvgIpc) is 2.52. The number of nitro groups is 1. The van der Waals surface area contributed by atoms with Crippen LogP contribution >= 0.6 is 15.9 Å². The van der Waals surface area contributed by atoms with E-state index in [0.29, 0.717) is 18.9 Å². The molecule has 0 atom stereocenters. The lowest BCUT2D eigenvalue weighted by Gasteiger charge is -2.04. The van der Waals surface area contributed by atoms with E-state index in [9.17, 15) is 10.1 Å². The van der Waals surface area contributed by atoms with Crippen LogP contribution in [-0.4, -0.2) is 21.2 Å². The van der Waals surface area contributed by atoms with E-state index in [1.807, 2.05) is 0 Å². The fourth-order valence-corrected chi connectivity index (χ4v) is 1.71. The van der Waals surface area contributed by atoms with Crippen LogP contribution in [0.3, 0.4) is 0 Å². The number of rotatable bonds is 6. The van der Waals surface area contributed by atoms with E-state index < -0.39 is 4.92 Å². The Bertz CT molecular complexity index is 427. The normalized spacial score (nSPS) is 9.81. The third-order valence-corrected chi connectivity index (χ3v) is 2.32. The minimum Gasteiger partial charge on any atom is -0.361 e. The van der Waals surface area contributed by atoms with Gasteiger partial charge in [-0.05, 0) is 15.9 Å². The third-order valence-electron chi connectivity index (χ3n) is 1.78. The smallest absolute Gasteiger partial charge is 0.345 e. The minimum atomic E-state index is -0.484. The van der Waals surface area contributed by atoms with E-state index in [0.717, 1.165) is 0 Å². The van der Waals surface area contributed by atoms with Gasteiger partial charge in [0.15, 0.2) is 0 Å². The standard InChI is InChI=1S/C9H11BrN4O2/c1-3-5-11-9-7(14(15)16)8(10)12-13(9)6-4-2/h3-4,11H,1-2,5-6H2. The number of anilines is 1. The van der Waals surface area contributed by atoms with E-state index in [4.69, 9.17) is 0 Å². The first-order valence-corrected chi connectivity index (χ1v) is 5.27. The molecule has 0 saturated heterocycles. The summed E-state index contributed by atoms with van der Waals surface area (Å²) in [7, 11) is 0. The number of hydrogen-bond donors (Lipinski definition) is 1. The van der Waals surface area contributed by atoms with Crippen LogP contribution in [0.4, 0.5) is 11.5 Å². The summed E-state index contributed by atoms with van der Waals surface area (Å²) in [6.07, 6.45) is 3.23. The summed E-state index contributed by atoms with van der Waals surface area (Å²) in [6.45, 7) is 7.93. The molecule has 0 spiro atoms. The van der Waals surface area contributed by atoms with Crippen molar-refractivity contribution in [2.45, 2.75) is 6.54 Å². The van der Waals surface area contributed by atoms with E-state index in [2.05, 4.69) is 39.5 Å². The highest BCUT2D eigenvalue weighted by molar-refractivity contribution is 9.10. The number of nitrogens with zero attached hydrogens (tertiary/aromatic N) is 3. The Labute approximate surface area is 101 Å². The van der Waals surface area contributed by atoms with Crippen molar-refractivity contribution in [1.82, 2.24) is 9.78 Å². The summed E-state index contributed by atoms with van der Waals surface area (Å²) in [5.74, 6) is 0.344. The van der Waals surface area contributed by atoms with Gasteiger partial charge in [-0.2, -0.15) is 5.10 Å². The number of nitrogens with one attached hydrogen (secondary N) is 1. The molecule has 0 radical (unpaired) electrons. The summed E-state index contributed by atoms with van der Waals surface area (Å²) in [6, 6.07) is 0. The molecule has 1 aromatic heterocycles. The Balaban J connectivity index is 3.18. The van der Waals surface area contributed by atoms with Crippen LogP contribution in [0.15, 0.2) is 29.9 Å². The van der Waals surface area contributed by atoms with Crippen molar-refractivity contribution in [3.8, 4) is 0 Å². The Kier molecular flexibility index (Phi) is 4.24. The van der Waals surface area contributed by atoms with Crippen molar-refractivity contribution < 1.29 is 4.92 Å².